The third kappa shape index (κ3) is 5.82. The van der Waals surface area contributed by atoms with Crippen LogP contribution in [0, 0.1) is 10.1 Å². The third-order valence-corrected chi connectivity index (χ3v) is 4.20. The average Bonchev–Trinajstić information content (AvgIpc) is 3.26. The molecule has 2 amide bonds. The lowest BCUT2D eigenvalue weighted by atomic mass is 10.2. The molecule has 13 nitrogen and oxygen atoms in total. The highest BCUT2D eigenvalue weighted by atomic mass is 35.5. The number of hydrogen-bond acceptors (Lipinski definition) is 9. The first-order valence-electron chi connectivity index (χ1n) is 8.84. The average molecular weight is 460 g/mol. The predicted octanol–water partition coefficient (Wildman–Crippen LogP) is 1.67. The van der Waals surface area contributed by atoms with Gasteiger partial charge in [-0.2, -0.15) is 0 Å². The van der Waals surface area contributed by atoms with Crippen LogP contribution in [-0.2, 0) is 20.9 Å². The predicted molar refractivity (Wildman–Crippen MR) is 110 cm³/mol. The van der Waals surface area contributed by atoms with Crippen LogP contribution in [0.25, 0.3) is 0 Å². The lowest BCUT2D eigenvalue weighted by molar-refractivity contribution is -0.384. The second-order valence-electron chi connectivity index (χ2n) is 6.15. The number of amides is 2. The van der Waals surface area contributed by atoms with E-state index in [-0.39, 0.29) is 34.2 Å². The van der Waals surface area contributed by atoms with Crippen molar-refractivity contribution in [1.29, 1.82) is 0 Å². The highest BCUT2D eigenvalue weighted by molar-refractivity contribution is 6.34. The van der Waals surface area contributed by atoms with E-state index in [9.17, 15) is 24.5 Å². The number of nitro benzene ring substituents is 1. The molecule has 0 atom stereocenters. The Kier molecular flexibility index (Phi) is 7.02. The van der Waals surface area contributed by atoms with Crippen molar-refractivity contribution in [3.05, 3.63) is 69.5 Å². The van der Waals surface area contributed by atoms with Crippen molar-refractivity contribution < 1.29 is 24.0 Å². The Morgan fingerprint density at radius 3 is 2.53 bits per heavy atom. The molecule has 0 saturated heterocycles. The van der Waals surface area contributed by atoms with Gasteiger partial charge in [0.2, 0.25) is 5.91 Å². The molecule has 0 spiro atoms. The number of tetrazole rings is 1. The number of esters is 1. The van der Waals surface area contributed by atoms with E-state index in [0.29, 0.717) is 0 Å². The summed E-state index contributed by atoms with van der Waals surface area (Å²) in [7, 11) is 0. The van der Waals surface area contributed by atoms with Crippen LogP contribution >= 0.6 is 11.6 Å². The third-order valence-electron chi connectivity index (χ3n) is 3.89. The van der Waals surface area contributed by atoms with E-state index in [0.717, 1.165) is 6.07 Å². The maximum absolute atomic E-state index is 12.4. The number of anilines is 2. The molecule has 1 aromatic heterocycles. The zero-order valence-electron chi connectivity index (χ0n) is 16.1. The summed E-state index contributed by atoms with van der Waals surface area (Å²) in [5.41, 5.74) is 0.0832. The van der Waals surface area contributed by atoms with Gasteiger partial charge in [-0.25, -0.2) is 9.48 Å². The van der Waals surface area contributed by atoms with Crippen molar-refractivity contribution in [2.45, 2.75) is 6.54 Å². The Labute approximate surface area is 184 Å². The summed E-state index contributed by atoms with van der Waals surface area (Å²) in [5.74, 6) is -2.05. The van der Waals surface area contributed by atoms with E-state index in [1.807, 2.05) is 0 Å². The van der Waals surface area contributed by atoms with E-state index in [2.05, 4.69) is 26.2 Å². The zero-order chi connectivity index (χ0) is 23.1. The molecule has 0 saturated carbocycles. The molecule has 32 heavy (non-hydrogen) atoms. The van der Waals surface area contributed by atoms with Gasteiger partial charge in [0.25, 0.3) is 11.6 Å². The van der Waals surface area contributed by atoms with Crippen molar-refractivity contribution in [2.75, 3.05) is 17.2 Å². The van der Waals surface area contributed by atoms with Gasteiger partial charge in [0, 0.05) is 12.1 Å². The number of halogens is 1. The van der Waals surface area contributed by atoms with Gasteiger partial charge in [0.1, 0.15) is 12.9 Å². The minimum Gasteiger partial charge on any atom is -0.452 e. The number of carbonyl (C=O) groups is 3. The number of rotatable bonds is 8. The van der Waals surface area contributed by atoms with E-state index in [1.54, 1.807) is 12.1 Å². The van der Waals surface area contributed by atoms with Crippen molar-refractivity contribution in [3.63, 3.8) is 0 Å². The summed E-state index contributed by atoms with van der Waals surface area (Å²) in [6, 6.07) is 9.58. The van der Waals surface area contributed by atoms with E-state index in [4.69, 9.17) is 16.3 Å². The molecule has 0 bridgehead atoms. The fourth-order valence-corrected chi connectivity index (χ4v) is 2.70. The summed E-state index contributed by atoms with van der Waals surface area (Å²) in [6.07, 6.45) is 1.26. The number of aromatic nitrogens is 4. The Balaban J connectivity index is 1.58. The topological polar surface area (TPSA) is 171 Å². The van der Waals surface area contributed by atoms with Gasteiger partial charge in [-0.05, 0) is 28.6 Å². The Morgan fingerprint density at radius 2 is 1.84 bits per heavy atom. The molecule has 0 fully saturated rings. The molecule has 0 unspecified atom stereocenters. The Bertz CT molecular complexity index is 1170. The van der Waals surface area contributed by atoms with Gasteiger partial charge < -0.3 is 15.4 Å². The fraction of sp³-hybridized carbons (Fsp3) is 0.111. The summed E-state index contributed by atoms with van der Waals surface area (Å²) < 4.78 is 6.20. The molecule has 0 aliphatic heterocycles. The number of nitrogens with one attached hydrogen (secondary N) is 2. The van der Waals surface area contributed by atoms with Crippen molar-refractivity contribution >= 4 is 46.4 Å². The highest BCUT2D eigenvalue weighted by Crippen LogP contribution is 2.26. The van der Waals surface area contributed by atoms with Crippen molar-refractivity contribution in [3.8, 4) is 0 Å². The Hall–Kier alpha value is -4.39. The standard InChI is InChI=1S/C18H14ClN7O6/c19-13-7-11(26(30)31)5-6-15(13)22-17(28)9-32-18(29)12-3-1-2-4-14(12)21-16(27)8-25-10-20-23-24-25/h1-7,10H,8-9H2,(H,21,27)(H,22,28). The van der Waals surface area contributed by atoms with E-state index in [1.165, 1.54) is 35.3 Å². The molecule has 2 aromatic carbocycles. The maximum atomic E-state index is 12.4. The van der Waals surface area contributed by atoms with Gasteiger partial charge >= 0.3 is 5.97 Å². The monoisotopic (exact) mass is 459 g/mol. The normalized spacial score (nSPS) is 10.3. The number of carbonyl (C=O) groups excluding carboxylic acids is 3. The van der Waals surface area contributed by atoms with E-state index >= 15 is 0 Å². The number of hydrogen-bond donors (Lipinski definition) is 2. The van der Waals surface area contributed by atoms with Gasteiger partial charge in [-0.15, -0.1) is 5.10 Å². The molecule has 0 aliphatic rings. The van der Waals surface area contributed by atoms with Crippen LogP contribution in [-0.4, -0.2) is 49.5 Å². The lowest BCUT2D eigenvalue weighted by Gasteiger charge is -2.11. The summed E-state index contributed by atoms with van der Waals surface area (Å²) in [6.45, 7) is -0.826. The van der Waals surface area contributed by atoms with Gasteiger partial charge in [-0.3, -0.25) is 19.7 Å². The zero-order valence-corrected chi connectivity index (χ0v) is 16.9. The van der Waals surface area contributed by atoms with Crippen LogP contribution in [0.3, 0.4) is 0 Å². The van der Waals surface area contributed by atoms with Crippen LogP contribution < -0.4 is 10.6 Å². The SMILES string of the molecule is O=C(COC(=O)c1ccccc1NC(=O)Cn1cnnn1)Nc1ccc([N+](=O)[O-])cc1Cl. The van der Waals surface area contributed by atoms with Crippen molar-refractivity contribution in [2.24, 2.45) is 0 Å². The van der Waals surface area contributed by atoms with Crippen LogP contribution in [0.5, 0.6) is 0 Å². The summed E-state index contributed by atoms with van der Waals surface area (Å²) >= 11 is 5.91. The number of benzene rings is 2. The highest BCUT2D eigenvalue weighted by Gasteiger charge is 2.17. The van der Waals surface area contributed by atoms with Crippen LogP contribution in [0.15, 0.2) is 48.8 Å². The quantitative estimate of drug-likeness (QED) is 0.288. The second-order valence-corrected chi connectivity index (χ2v) is 6.55. The number of non-ortho nitro benzene ring substituents is 1. The first-order valence-corrected chi connectivity index (χ1v) is 9.22. The molecule has 2 N–H and O–H groups in total. The molecule has 14 heteroatoms. The summed E-state index contributed by atoms with van der Waals surface area (Å²) in [5, 5.41) is 26.0. The van der Waals surface area contributed by atoms with Gasteiger partial charge in [-0.1, -0.05) is 23.7 Å². The lowest BCUT2D eigenvalue weighted by Crippen LogP contribution is -2.23. The molecule has 0 radical (unpaired) electrons. The first-order chi connectivity index (χ1) is 15.3. The minimum atomic E-state index is -0.853. The Morgan fingerprint density at radius 1 is 1.09 bits per heavy atom. The molecule has 0 aliphatic carbocycles. The second kappa shape index (κ2) is 10.1. The number of para-hydroxylation sites is 1. The fourth-order valence-electron chi connectivity index (χ4n) is 2.47. The molecule has 1 heterocycles. The number of nitrogens with zero attached hydrogens (tertiary/aromatic N) is 5. The van der Waals surface area contributed by atoms with Crippen LogP contribution in [0.1, 0.15) is 10.4 Å². The van der Waals surface area contributed by atoms with E-state index < -0.39 is 29.3 Å². The van der Waals surface area contributed by atoms with Crippen molar-refractivity contribution in [1.82, 2.24) is 20.2 Å². The van der Waals surface area contributed by atoms with Gasteiger partial charge in [0.05, 0.1) is 26.9 Å². The minimum absolute atomic E-state index is 0.0266. The molecule has 3 aromatic rings. The molecular weight excluding hydrogens is 446 g/mol. The molecular formula is C18H14ClN7O6. The van der Waals surface area contributed by atoms with Crippen LogP contribution in [0.4, 0.5) is 17.1 Å². The smallest absolute Gasteiger partial charge is 0.340 e. The number of nitro groups is 1. The summed E-state index contributed by atoms with van der Waals surface area (Å²) in [4.78, 5) is 46.7. The van der Waals surface area contributed by atoms with Gasteiger partial charge in [0.15, 0.2) is 6.61 Å². The number of ether oxygens (including phenoxy) is 1. The first kappa shape index (κ1) is 22.3. The molecule has 164 valence electrons. The van der Waals surface area contributed by atoms with Crippen LogP contribution in [0.2, 0.25) is 5.02 Å². The maximum Gasteiger partial charge on any atom is 0.340 e. The molecule has 3 rings (SSSR count). The largest absolute Gasteiger partial charge is 0.452 e.